The molecule has 0 spiro atoms. The van der Waals surface area contributed by atoms with E-state index in [1.807, 2.05) is 18.7 Å². The molecule has 0 aromatic carbocycles. The van der Waals surface area contributed by atoms with Crippen LogP contribution in [0.1, 0.15) is 33.1 Å². The second-order valence-electron chi connectivity index (χ2n) is 6.17. The lowest BCUT2D eigenvalue weighted by atomic mass is 9.84. The molecule has 3 unspecified atom stereocenters. The van der Waals surface area contributed by atoms with Gasteiger partial charge in [-0.25, -0.2) is 0 Å². The van der Waals surface area contributed by atoms with Gasteiger partial charge in [0.15, 0.2) is 0 Å². The third-order valence-electron chi connectivity index (χ3n) is 4.37. The Labute approximate surface area is 125 Å². The molecule has 2 saturated heterocycles. The van der Waals surface area contributed by atoms with Crippen molar-refractivity contribution < 1.29 is 9.59 Å². The van der Waals surface area contributed by atoms with Crippen molar-refractivity contribution in [3.05, 3.63) is 0 Å². The standard InChI is InChI=1S/C14H23N3O2S/c1-8(2)12(13(15)20)14(19)17-6-5-10-9(7-17)3-4-11(18)16-10/h8-10,12H,3-7H2,1-2H3,(H2,15,20)(H,16,18). The third-order valence-corrected chi connectivity index (χ3v) is 4.63. The topological polar surface area (TPSA) is 75.4 Å². The van der Waals surface area contributed by atoms with Crippen LogP contribution in [0, 0.1) is 17.8 Å². The molecule has 112 valence electrons. The SMILES string of the molecule is CC(C)C(C(=O)N1CCC2NC(=O)CCC2C1)C(N)=S. The number of fused-ring (bicyclic) bond motifs is 1. The minimum absolute atomic E-state index is 0.0443. The van der Waals surface area contributed by atoms with Crippen LogP contribution in [0.15, 0.2) is 0 Å². The fourth-order valence-electron chi connectivity index (χ4n) is 3.24. The van der Waals surface area contributed by atoms with E-state index in [9.17, 15) is 9.59 Å². The molecule has 3 N–H and O–H groups in total. The number of nitrogens with one attached hydrogen (secondary N) is 1. The highest BCUT2D eigenvalue weighted by molar-refractivity contribution is 7.80. The van der Waals surface area contributed by atoms with E-state index in [1.165, 1.54) is 0 Å². The van der Waals surface area contributed by atoms with E-state index < -0.39 is 0 Å². The monoisotopic (exact) mass is 297 g/mol. The van der Waals surface area contributed by atoms with Crippen molar-refractivity contribution in [1.82, 2.24) is 10.2 Å². The molecule has 2 aliphatic rings. The van der Waals surface area contributed by atoms with Gasteiger partial charge in [-0.1, -0.05) is 26.1 Å². The molecule has 2 heterocycles. The predicted octanol–water partition coefficient (Wildman–Crippen LogP) is 0.672. The second kappa shape index (κ2) is 6.08. The van der Waals surface area contributed by atoms with Gasteiger partial charge >= 0.3 is 0 Å². The van der Waals surface area contributed by atoms with Gasteiger partial charge in [0.2, 0.25) is 11.8 Å². The molecule has 2 aliphatic heterocycles. The van der Waals surface area contributed by atoms with Gasteiger partial charge in [-0.2, -0.15) is 0 Å². The first-order valence-corrected chi connectivity index (χ1v) is 7.68. The van der Waals surface area contributed by atoms with E-state index in [2.05, 4.69) is 5.32 Å². The summed E-state index contributed by atoms with van der Waals surface area (Å²) in [5, 5.41) is 3.03. The van der Waals surface area contributed by atoms with Gasteiger partial charge in [-0.3, -0.25) is 9.59 Å². The van der Waals surface area contributed by atoms with Gasteiger partial charge in [-0.15, -0.1) is 0 Å². The van der Waals surface area contributed by atoms with Crippen LogP contribution in [-0.2, 0) is 9.59 Å². The molecular weight excluding hydrogens is 274 g/mol. The Bertz CT molecular complexity index is 425. The van der Waals surface area contributed by atoms with Crippen LogP contribution in [0.4, 0.5) is 0 Å². The Balaban J connectivity index is 2.02. The Morgan fingerprint density at radius 1 is 1.45 bits per heavy atom. The Morgan fingerprint density at radius 3 is 2.75 bits per heavy atom. The number of carbonyl (C=O) groups is 2. The van der Waals surface area contributed by atoms with Crippen molar-refractivity contribution in [2.45, 2.75) is 39.2 Å². The Kier molecular flexibility index (Phi) is 4.62. The largest absolute Gasteiger partial charge is 0.393 e. The maximum Gasteiger partial charge on any atom is 0.232 e. The second-order valence-corrected chi connectivity index (χ2v) is 6.64. The number of rotatable bonds is 3. The number of hydrogen-bond acceptors (Lipinski definition) is 3. The minimum Gasteiger partial charge on any atom is -0.393 e. The summed E-state index contributed by atoms with van der Waals surface area (Å²) < 4.78 is 0. The fourth-order valence-corrected chi connectivity index (χ4v) is 3.62. The zero-order valence-electron chi connectivity index (χ0n) is 12.1. The van der Waals surface area contributed by atoms with Crippen LogP contribution >= 0.6 is 12.2 Å². The average molecular weight is 297 g/mol. The van der Waals surface area contributed by atoms with Crippen molar-refractivity contribution >= 4 is 29.0 Å². The van der Waals surface area contributed by atoms with Crippen LogP contribution in [-0.4, -0.2) is 40.8 Å². The molecule has 0 bridgehead atoms. The van der Waals surface area contributed by atoms with Crippen molar-refractivity contribution in [3.63, 3.8) is 0 Å². The third kappa shape index (κ3) is 3.11. The maximum atomic E-state index is 12.6. The van der Waals surface area contributed by atoms with E-state index in [0.717, 1.165) is 12.8 Å². The Hall–Kier alpha value is -1.17. The van der Waals surface area contributed by atoms with Crippen LogP contribution < -0.4 is 11.1 Å². The molecule has 2 amide bonds. The first kappa shape index (κ1) is 15.2. The average Bonchev–Trinajstić information content (AvgIpc) is 2.37. The summed E-state index contributed by atoms with van der Waals surface area (Å²) in [4.78, 5) is 26.1. The molecule has 0 aromatic rings. The lowest BCUT2D eigenvalue weighted by Gasteiger charge is -2.42. The van der Waals surface area contributed by atoms with E-state index in [1.54, 1.807) is 0 Å². The molecule has 5 nitrogen and oxygen atoms in total. The fraction of sp³-hybridized carbons (Fsp3) is 0.786. The molecule has 2 rings (SSSR count). The molecule has 20 heavy (non-hydrogen) atoms. The highest BCUT2D eigenvalue weighted by Crippen LogP contribution is 2.27. The van der Waals surface area contributed by atoms with Crippen molar-refractivity contribution in [3.8, 4) is 0 Å². The number of nitrogens with zero attached hydrogens (tertiary/aromatic N) is 1. The van der Waals surface area contributed by atoms with Gasteiger partial charge in [0.05, 0.1) is 10.9 Å². The number of piperidine rings is 2. The Morgan fingerprint density at radius 2 is 2.15 bits per heavy atom. The number of hydrogen-bond donors (Lipinski definition) is 2. The summed E-state index contributed by atoms with van der Waals surface area (Å²) in [7, 11) is 0. The summed E-state index contributed by atoms with van der Waals surface area (Å²) >= 11 is 5.04. The molecule has 0 saturated carbocycles. The lowest BCUT2D eigenvalue weighted by molar-refractivity contribution is -0.137. The summed E-state index contributed by atoms with van der Waals surface area (Å²) in [6.45, 7) is 5.31. The molecule has 0 radical (unpaired) electrons. The lowest BCUT2D eigenvalue weighted by Crippen LogP contribution is -2.56. The number of likely N-dealkylation sites (tertiary alicyclic amines) is 1. The molecule has 3 atom stereocenters. The molecular formula is C14H23N3O2S. The van der Waals surface area contributed by atoms with Crippen molar-refractivity contribution in [1.29, 1.82) is 0 Å². The van der Waals surface area contributed by atoms with Gasteiger partial charge in [0.1, 0.15) is 0 Å². The smallest absolute Gasteiger partial charge is 0.232 e. The molecule has 6 heteroatoms. The predicted molar refractivity (Wildman–Crippen MR) is 81.0 cm³/mol. The van der Waals surface area contributed by atoms with Crippen molar-refractivity contribution in [2.75, 3.05) is 13.1 Å². The number of thiocarbonyl (C=S) groups is 1. The summed E-state index contributed by atoms with van der Waals surface area (Å²) in [6.07, 6.45) is 2.25. The highest BCUT2D eigenvalue weighted by atomic mass is 32.1. The number of amides is 2. The van der Waals surface area contributed by atoms with Crippen LogP contribution in [0.3, 0.4) is 0 Å². The van der Waals surface area contributed by atoms with E-state index >= 15 is 0 Å². The van der Waals surface area contributed by atoms with Gasteiger partial charge < -0.3 is 16.0 Å². The van der Waals surface area contributed by atoms with E-state index in [0.29, 0.717) is 25.4 Å². The zero-order chi connectivity index (χ0) is 14.9. The van der Waals surface area contributed by atoms with E-state index in [4.69, 9.17) is 18.0 Å². The quantitative estimate of drug-likeness (QED) is 0.751. The molecule has 0 aliphatic carbocycles. The number of nitrogens with two attached hydrogens (primary N) is 1. The first-order chi connectivity index (χ1) is 9.40. The van der Waals surface area contributed by atoms with Crippen LogP contribution in [0.5, 0.6) is 0 Å². The van der Waals surface area contributed by atoms with Crippen molar-refractivity contribution in [2.24, 2.45) is 23.5 Å². The van der Waals surface area contributed by atoms with Gasteiger partial charge in [-0.05, 0) is 24.7 Å². The summed E-state index contributed by atoms with van der Waals surface area (Å²) in [5.41, 5.74) is 5.72. The first-order valence-electron chi connectivity index (χ1n) is 7.27. The highest BCUT2D eigenvalue weighted by Gasteiger charge is 2.38. The zero-order valence-corrected chi connectivity index (χ0v) is 12.9. The maximum absolute atomic E-state index is 12.6. The normalized spacial score (nSPS) is 27.8. The van der Waals surface area contributed by atoms with Crippen LogP contribution in [0.25, 0.3) is 0 Å². The van der Waals surface area contributed by atoms with Gasteiger partial charge in [0.25, 0.3) is 0 Å². The van der Waals surface area contributed by atoms with Gasteiger partial charge in [0, 0.05) is 25.6 Å². The van der Waals surface area contributed by atoms with Crippen LogP contribution in [0.2, 0.25) is 0 Å². The molecule has 2 fully saturated rings. The minimum atomic E-state index is -0.375. The number of carbonyl (C=O) groups excluding carboxylic acids is 2. The molecule has 0 aromatic heterocycles. The van der Waals surface area contributed by atoms with E-state index in [-0.39, 0.29) is 34.7 Å². The summed E-state index contributed by atoms with van der Waals surface area (Å²) in [5.74, 6) is 0.283. The summed E-state index contributed by atoms with van der Waals surface area (Å²) in [6, 6.07) is 0.225.